The number of hydrogen-bond donors (Lipinski definition) is 1. The highest BCUT2D eigenvalue weighted by atomic mass is 32.2. The quantitative estimate of drug-likeness (QED) is 0.783. The highest BCUT2D eigenvalue weighted by Crippen LogP contribution is 2.43. The molecule has 6 heteroatoms. The normalized spacial score (nSPS) is 28.0. The Balaban J connectivity index is 1.92. The lowest BCUT2D eigenvalue weighted by atomic mass is 9.79. The van der Waals surface area contributed by atoms with E-state index in [1.165, 1.54) is 11.3 Å². The van der Waals surface area contributed by atoms with Crippen molar-refractivity contribution in [3.63, 3.8) is 0 Å². The minimum Gasteiger partial charge on any atom is -0.332 e. The summed E-state index contributed by atoms with van der Waals surface area (Å²) in [6.07, 6.45) is 4.42. The van der Waals surface area contributed by atoms with E-state index in [2.05, 4.69) is 58.1 Å². The van der Waals surface area contributed by atoms with Crippen molar-refractivity contribution < 1.29 is 8.42 Å². The monoisotopic (exact) mass is 395 g/mol. The lowest BCUT2D eigenvalue weighted by Gasteiger charge is -2.41. The number of hydrogen-bond acceptors (Lipinski definition) is 4. The van der Waals surface area contributed by atoms with Gasteiger partial charge in [-0.25, -0.2) is 13.1 Å². The van der Waals surface area contributed by atoms with Crippen molar-refractivity contribution in [2.45, 2.75) is 97.9 Å². The molecular weight excluding hydrogens is 358 g/mol. The molecule has 0 amide bonds. The number of fused-ring (bicyclic) bond motifs is 1. The third kappa shape index (κ3) is 4.12. The molecule has 154 valence electrons. The Morgan fingerprint density at radius 2 is 1.63 bits per heavy atom. The van der Waals surface area contributed by atoms with Crippen LogP contribution in [-0.2, 0) is 10.0 Å². The molecule has 3 aliphatic rings. The van der Waals surface area contributed by atoms with Gasteiger partial charge in [-0.05, 0) is 30.8 Å². The lowest BCUT2D eigenvalue weighted by Crippen LogP contribution is -2.45. The topological polar surface area (TPSA) is 61.8 Å². The Labute approximate surface area is 165 Å². The second kappa shape index (κ2) is 6.87. The SMILES string of the molecule is C[C@@H]1N=C(C(C)(C)C)N2CC(NS(=O)(=O)C3CCCC3)CC2=C1C(C)(C)C. The van der Waals surface area contributed by atoms with Gasteiger partial charge in [-0.15, -0.1) is 0 Å². The molecule has 1 saturated heterocycles. The van der Waals surface area contributed by atoms with Crippen LogP contribution in [-0.4, -0.2) is 43.0 Å². The van der Waals surface area contributed by atoms with Crippen molar-refractivity contribution >= 4 is 15.9 Å². The average molecular weight is 396 g/mol. The van der Waals surface area contributed by atoms with E-state index in [0.29, 0.717) is 6.54 Å². The number of nitrogens with one attached hydrogen (secondary N) is 1. The predicted octanol–water partition coefficient (Wildman–Crippen LogP) is 4.07. The maximum Gasteiger partial charge on any atom is 0.214 e. The van der Waals surface area contributed by atoms with Crippen LogP contribution in [0.3, 0.4) is 0 Å². The number of rotatable bonds is 3. The molecule has 0 aromatic carbocycles. The molecule has 0 spiro atoms. The molecule has 0 aromatic heterocycles. The van der Waals surface area contributed by atoms with E-state index in [-0.39, 0.29) is 28.2 Å². The van der Waals surface area contributed by atoms with Gasteiger partial charge in [0, 0.05) is 30.1 Å². The highest BCUT2D eigenvalue weighted by Gasteiger charge is 2.44. The molecule has 2 fully saturated rings. The van der Waals surface area contributed by atoms with Gasteiger partial charge in [0.15, 0.2) is 0 Å². The molecule has 0 aromatic rings. The van der Waals surface area contributed by atoms with Crippen LogP contribution in [0.2, 0.25) is 0 Å². The molecule has 1 aliphatic carbocycles. The molecule has 1 saturated carbocycles. The highest BCUT2D eigenvalue weighted by molar-refractivity contribution is 7.90. The third-order valence-corrected chi connectivity index (χ3v) is 8.03. The first-order valence-electron chi connectivity index (χ1n) is 10.4. The Hall–Kier alpha value is -0.880. The predicted molar refractivity (Wildman–Crippen MR) is 112 cm³/mol. The van der Waals surface area contributed by atoms with Gasteiger partial charge in [0.05, 0.1) is 11.3 Å². The van der Waals surface area contributed by atoms with Gasteiger partial charge in [0.2, 0.25) is 10.0 Å². The van der Waals surface area contributed by atoms with E-state index in [0.717, 1.165) is 37.9 Å². The smallest absolute Gasteiger partial charge is 0.214 e. The maximum atomic E-state index is 12.8. The van der Waals surface area contributed by atoms with E-state index in [1.54, 1.807) is 0 Å². The molecule has 2 heterocycles. The van der Waals surface area contributed by atoms with Crippen LogP contribution >= 0.6 is 0 Å². The number of nitrogens with zero attached hydrogens (tertiary/aromatic N) is 2. The summed E-state index contributed by atoms with van der Waals surface area (Å²) in [7, 11) is -3.24. The number of sulfonamides is 1. The summed E-state index contributed by atoms with van der Waals surface area (Å²) in [5, 5.41) is -0.208. The van der Waals surface area contributed by atoms with E-state index in [1.807, 2.05) is 0 Å². The Bertz CT molecular complexity index is 747. The van der Waals surface area contributed by atoms with Crippen molar-refractivity contribution in [2.24, 2.45) is 15.8 Å². The third-order valence-electron chi connectivity index (χ3n) is 6.02. The Morgan fingerprint density at radius 3 is 2.15 bits per heavy atom. The van der Waals surface area contributed by atoms with Crippen molar-refractivity contribution in [1.82, 2.24) is 9.62 Å². The minimum absolute atomic E-state index is 0.0130. The second-order valence-electron chi connectivity index (χ2n) is 10.6. The molecule has 27 heavy (non-hydrogen) atoms. The maximum absolute atomic E-state index is 12.8. The Morgan fingerprint density at radius 1 is 1.04 bits per heavy atom. The van der Waals surface area contributed by atoms with Crippen LogP contribution in [0.15, 0.2) is 16.3 Å². The Kier molecular flexibility index (Phi) is 5.30. The lowest BCUT2D eigenvalue weighted by molar-refractivity contribution is 0.393. The van der Waals surface area contributed by atoms with Crippen molar-refractivity contribution in [2.75, 3.05) is 6.54 Å². The van der Waals surface area contributed by atoms with Crippen molar-refractivity contribution in [3.8, 4) is 0 Å². The fourth-order valence-corrected chi connectivity index (χ4v) is 6.80. The van der Waals surface area contributed by atoms with E-state index >= 15 is 0 Å². The zero-order chi connectivity index (χ0) is 20.2. The van der Waals surface area contributed by atoms with E-state index < -0.39 is 10.0 Å². The zero-order valence-electron chi connectivity index (χ0n) is 18.1. The molecular formula is C21H37N3O2S. The first-order chi connectivity index (χ1) is 12.3. The van der Waals surface area contributed by atoms with Crippen molar-refractivity contribution in [1.29, 1.82) is 0 Å². The minimum atomic E-state index is -3.24. The molecule has 1 N–H and O–H groups in total. The van der Waals surface area contributed by atoms with Crippen LogP contribution in [0.1, 0.15) is 80.6 Å². The molecule has 5 nitrogen and oxygen atoms in total. The fourth-order valence-electron chi connectivity index (χ4n) is 5.03. The molecule has 3 rings (SSSR count). The van der Waals surface area contributed by atoms with Crippen LogP contribution in [0.5, 0.6) is 0 Å². The first kappa shape index (κ1) is 20.8. The van der Waals surface area contributed by atoms with Gasteiger partial charge in [-0.1, -0.05) is 54.4 Å². The zero-order valence-corrected chi connectivity index (χ0v) is 18.9. The van der Waals surface area contributed by atoms with Crippen LogP contribution in [0.25, 0.3) is 0 Å². The summed E-state index contributed by atoms with van der Waals surface area (Å²) >= 11 is 0. The molecule has 2 atom stereocenters. The number of aliphatic imine (C=N–C) groups is 1. The molecule has 0 bridgehead atoms. The van der Waals surface area contributed by atoms with E-state index in [4.69, 9.17) is 4.99 Å². The summed E-state index contributed by atoms with van der Waals surface area (Å²) in [4.78, 5) is 7.37. The first-order valence-corrected chi connectivity index (χ1v) is 12.0. The van der Waals surface area contributed by atoms with Crippen LogP contribution in [0.4, 0.5) is 0 Å². The largest absolute Gasteiger partial charge is 0.332 e. The standard InChI is InChI=1S/C21H37N3O2S/c1-14-18(20(2,3)4)17-12-15(13-24(17)19(22-14)21(5,6)7)23-27(25,26)16-10-8-9-11-16/h14-16,23H,8-13H2,1-7H3/t14-,15?/m0/s1. The summed E-state index contributed by atoms with van der Waals surface area (Å²) in [5.41, 5.74) is 2.58. The van der Waals surface area contributed by atoms with Gasteiger partial charge in [-0.2, -0.15) is 0 Å². The summed E-state index contributed by atoms with van der Waals surface area (Å²) in [6.45, 7) is 16.1. The summed E-state index contributed by atoms with van der Waals surface area (Å²) in [5.74, 6) is 1.08. The summed E-state index contributed by atoms with van der Waals surface area (Å²) in [6, 6.07) is 0.0662. The van der Waals surface area contributed by atoms with Gasteiger partial charge < -0.3 is 4.90 Å². The van der Waals surface area contributed by atoms with Gasteiger partial charge in [0.25, 0.3) is 0 Å². The molecule has 0 radical (unpaired) electrons. The molecule has 1 unspecified atom stereocenters. The van der Waals surface area contributed by atoms with Gasteiger partial charge in [-0.3, -0.25) is 4.99 Å². The second-order valence-corrected chi connectivity index (χ2v) is 12.6. The summed E-state index contributed by atoms with van der Waals surface area (Å²) < 4.78 is 28.7. The van der Waals surface area contributed by atoms with Gasteiger partial charge in [0.1, 0.15) is 5.84 Å². The molecule has 2 aliphatic heterocycles. The van der Waals surface area contributed by atoms with Crippen molar-refractivity contribution in [3.05, 3.63) is 11.3 Å². The van der Waals surface area contributed by atoms with E-state index in [9.17, 15) is 8.42 Å². The van der Waals surface area contributed by atoms with Crippen LogP contribution in [0, 0.1) is 10.8 Å². The average Bonchev–Trinajstić information content (AvgIpc) is 3.12. The van der Waals surface area contributed by atoms with Crippen LogP contribution < -0.4 is 4.72 Å². The fraction of sp³-hybridized carbons (Fsp3) is 0.857. The van der Waals surface area contributed by atoms with Gasteiger partial charge >= 0.3 is 0 Å². The number of amidine groups is 1.